The molecule has 0 aromatic heterocycles. The molecular formula is C8H13FO3. The molecule has 3 nitrogen and oxygen atoms in total. The van der Waals surface area contributed by atoms with Gasteiger partial charge in [-0.2, -0.15) is 0 Å². The van der Waals surface area contributed by atoms with Crippen molar-refractivity contribution in [2.24, 2.45) is 5.92 Å². The van der Waals surface area contributed by atoms with E-state index in [4.69, 9.17) is 9.84 Å². The molecule has 1 rings (SSSR count). The topological polar surface area (TPSA) is 46.5 Å². The summed E-state index contributed by atoms with van der Waals surface area (Å²) in [5.74, 6) is -1.48. The molecule has 1 N–H and O–H groups in total. The Hall–Kier alpha value is -0.640. The Labute approximate surface area is 70.5 Å². The van der Waals surface area contributed by atoms with Gasteiger partial charge in [0.1, 0.15) is 6.17 Å². The van der Waals surface area contributed by atoms with Crippen molar-refractivity contribution in [3.63, 3.8) is 0 Å². The van der Waals surface area contributed by atoms with Crippen LogP contribution in [0.15, 0.2) is 0 Å². The van der Waals surface area contributed by atoms with Crippen molar-refractivity contribution in [1.29, 1.82) is 0 Å². The Bertz CT molecular complexity index is 172. The third-order valence-electron chi connectivity index (χ3n) is 2.16. The molecule has 0 aliphatic heterocycles. The second-order valence-corrected chi connectivity index (χ2v) is 3.02. The maximum atomic E-state index is 13.0. The number of hydrogen-bond donors (Lipinski definition) is 1. The van der Waals surface area contributed by atoms with E-state index in [2.05, 4.69) is 0 Å². The zero-order valence-corrected chi connectivity index (χ0v) is 7.00. The van der Waals surface area contributed by atoms with Crippen LogP contribution in [0, 0.1) is 5.92 Å². The Morgan fingerprint density at radius 2 is 2.33 bits per heavy atom. The molecule has 70 valence electrons. The van der Waals surface area contributed by atoms with E-state index in [0.29, 0.717) is 13.0 Å². The van der Waals surface area contributed by atoms with Gasteiger partial charge in [0.15, 0.2) is 0 Å². The van der Waals surface area contributed by atoms with Crippen molar-refractivity contribution in [2.75, 3.05) is 6.61 Å². The molecule has 0 aromatic carbocycles. The number of alkyl halides is 1. The molecule has 0 bridgehead atoms. The van der Waals surface area contributed by atoms with E-state index >= 15 is 0 Å². The molecule has 0 heterocycles. The fraction of sp³-hybridized carbons (Fsp3) is 0.875. The van der Waals surface area contributed by atoms with Gasteiger partial charge >= 0.3 is 5.97 Å². The van der Waals surface area contributed by atoms with Crippen LogP contribution in [0.5, 0.6) is 0 Å². The highest BCUT2D eigenvalue weighted by molar-refractivity contribution is 5.70. The molecule has 0 amide bonds. The van der Waals surface area contributed by atoms with E-state index in [-0.39, 0.29) is 6.42 Å². The first-order chi connectivity index (χ1) is 5.65. The fourth-order valence-corrected chi connectivity index (χ4v) is 1.54. The minimum absolute atomic E-state index is 0.0972. The Kier molecular flexibility index (Phi) is 3.03. The number of carboxylic acid groups (broad SMARTS) is 1. The third kappa shape index (κ3) is 1.94. The molecule has 2 unspecified atom stereocenters. The minimum Gasteiger partial charge on any atom is -0.481 e. The molecule has 0 spiro atoms. The largest absolute Gasteiger partial charge is 0.481 e. The normalized spacial score (nSPS) is 35.3. The number of carbonyl (C=O) groups is 1. The highest BCUT2D eigenvalue weighted by Gasteiger charge is 2.38. The van der Waals surface area contributed by atoms with Gasteiger partial charge in [0.05, 0.1) is 12.0 Å². The summed E-state index contributed by atoms with van der Waals surface area (Å²) in [6, 6.07) is 0. The molecule has 0 saturated heterocycles. The summed E-state index contributed by atoms with van der Waals surface area (Å²) in [5.41, 5.74) is 0. The summed E-state index contributed by atoms with van der Waals surface area (Å²) < 4.78 is 18.1. The standard InChI is InChI=1S/C8H13FO3/c1-2-12-7-4-5(8(10)11)3-6(7)9/h5-7H,2-4H2,1H3,(H,10,11)/t5?,6-,7?/m0/s1. The summed E-state index contributed by atoms with van der Waals surface area (Å²) in [6.07, 6.45) is -1.20. The smallest absolute Gasteiger partial charge is 0.306 e. The van der Waals surface area contributed by atoms with Gasteiger partial charge < -0.3 is 9.84 Å². The monoisotopic (exact) mass is 176 g/mol. The van der Waals surface area contributed by atoms with Gasteiger partial charge in [-0.05, 0) is 19.8 Å². The average molecular weight is 176 g/mol. The quantitative estimate of drug-likeness (QED) is 0.703. The molecule has 3 atom stereocenters. The zero-order chi connectivity index (χ0) is 9.14. The maximum absolute atomic E-state index is 13.0. The molecule has 12 heavy (non-hydrogen) atoms. The van der Waals surface area contributed by atoms with Gasteiger partial charge in [0.2, 0.25) is 0 Å². The van der Waals surface area contributed by atoms with Gasteiger partial charge in [-0.15, -0.1) is 0 Å². The predicted molar refractivity (Wildman–Crippen MR) is 40.7 cm³/mol. The van der Waals surface area contributed by atoms with E-state index in [1.807, 2.05) is 0 Å². The highest BCUT2D eigenvalue weighted by atomic mass is 19.1. The minimum atomic E-state index is -1.11. The number of ether oxygens (including phenoxy) is 1. The van der Waals surface area contributed by atoms with Crippen LogP contribution in [0.25, 0.3) is 0 Å². The van der Waals surface area contributed by atoms with Crippen molar-refractivity contribution >= 4 is 5.97 Å². The van der Waals surface area contributed by atoms with Crippen molar-refractivity contribution in [2.45, 2.75) is 32.0 Å². The first kappa shape index (κ1) is 9.45. The number of hydrogen-bond acceptors (Lipinski definition) is 2. The number of carboxylic acids is 1. The van der Waals surface area contributed by atoms with Crippen LogP contribution in [0.2, 0.25) is 0 Å². The van der Waals surface area contributed by atoms with Gasteiger partial charge in [0, 0.05) is 6.61 Å². The molecule has 0 radical (unpaired) electrons. The van der Waals surface area contributed by atoms with Crippen molar-refractivity contribution in [3.05, 3.63) is 0 Å². The predicted octanol–water partition coefficient (Wildman–Crippen LogP) is 1.22. The van der Waals surface area contributed by atoms with Crippen LogP contribution < -0.4 is 0 Å². The lowest BCUT2D eigenvalue weighted by atomic mass is 10.1. The number of aliphatic carboxylic acids is 1. The van der Waals surface area contributed by atoms with Crippen LogP contribution in [0.4, 0.5) is 4.39 Å². The lowest BCUT2D eigenvalue weighted by Gasteiger charge is -2.11. The molecule has 1 saturated carbocycles. The molecular weight excluding hydrogens is 163 g/mol. The summed E-state index contributed by atoms with van der Waals surface area (Å²) in [5, 5.41) is 8.59. The first-order valence-corrected chi connectivity index (χ1v) is 4.13. The molecule has 1 fully saturated rings. The van der Waals surface area contributed by atoms with Gasteiger partial charge in [-0.3, -0.25) is 4.79 Å². The van der Waals surface area contributed by atoms with E-state index in [1.54, 1.807) is 6.92 Å². The average Bonchev–Trinajstić information content (AvgIpc) is 2.34. The van der Waals surface area contributed by atoms with Gasteiger partial charge in [0.25, 0.3) is 0 Å². The van der Waals surface area contributed by atoms with Gasteiger partial charge in [-0.25, -0.2) is 4.39 Å². The Balaban J connectivity index is 2.44. The van der Waals surface area contributed by atoms with Crippen LogP contribution in [-0.4, -0.2) is 30.0 Å². The summed E-state index contributed by atoms with van der Waals surface area (Å²) in [7, 11) is 0. The molecule has 4 heteroatoms. The second kappa shape index (κ2) is 3.85. The van der Waals surface area contributed by atoms with E-state index in [1.165, 1.54) is 0 Å². The van der Waals surface area contributed by atoms with E-state index in [9.17, 15) is 9.18 Å². The fourth-order valence-electron chi connectivity index (χ4n) is 1.54. The molecule has 1 aliphatic carbocycles. The summed E-state index contributed by atoms with van der Waals surface area (Å²) in [4.78, 5) is 10.5. The Morgan fingerprint density at radius 3 is 2.75 bits per heavy atom. The number of rotatable bonds is 3. The summed E-state index contributed by atoms with van der Waals surface area (Å²) >= 11 is 0. The summed E-state index contributed by atoms with van der Waals surface area (Å²) in [6.45, 7) is 2.22. The van der Waals surface area contributed by atoms with E-state index in [0.717, 1.165) is 0 Å². The second-order valence-electron chi connectivity index (χ2n) is 3.02. The van der Waals surface area contributed by atoms with Crippen LogP contribution in [0.3, 0.4) is 0 Å². The number of halogens is 1. The van der Waals surface area contributed by atoms with Crippen LogP contribution >= 0.6 is 0 Å². The lowest BCUT2D eigenvalue weighted by molar-refractivity contribution is -0.141. The van der Waals surface area contributed by atoms with Crippen LogP contribution in [0.1, 0.15) is 19.8 Å². The van der Waals surface area contributed by atoms with Crippen LogP contribution in [-0.2, 0) is 9.53 Å². The highest BCUT2D eigenvalue weighted by Crippen LogP contribution is 2.30. The van der Waals surface area contributed by atoms with Crippen molar-refractivity contribution < 1.29 is 19.0 Å². The zero-order valence-electron chi connectivity index (χ0n) is 7.00. The SMILES string of the molecule is CCOC1CC(C(=O)O)C[C@@H]1F. The first-order valence-electron chi connectivity index (χ1n) is 4.13. The van der Waals surface area contributed by atoms with Crippen molar-refractivity contribution in [3.8, 4) is 0 Å². The third-order valence-corrected chi connectivity index (χ3v) is 2.16. The lowest BCUT2D eigenvalue weighted by Crippen LogP contribution is -2.18. The molecule has 1 aliphatic rings. The molecule has 0 aromatic rings. The Morgan fingerprint density at radius 1 is 1.67 bits per heavy atom. The maximum Gasteiger partial charge on any atom is 0.306 e. The van der Waals surface area contributed by atoms with Crippen molar-refractivity contribution in [1.82, 2.24) is 0 Å². The van der Waals surface area contributed by atoms with Gasteiger partial charge in [-0.1, -0.05) is 0 Å². The van der Waals surface area contributed by atoms with E-state index < -0.39 is 24.2 Å².